The highest BCUT2D eigenvalue weighted by Crippen LogP contribution is 1.85. The van der Waals surface area contributed by atoms with E-state index in [2.05, 4.69) is 24.4 Å². The summed E-state index contributed by atoms with van der Waals surface area (Å²) in [7, 11) is 0. The van der Waals surface area contributed by atoms with Crippen LogP contribution >= 0.6 is 12.6 Å². The van der Waals surface area contributed by atoms with Crippen LogP contribution in [0.15, 0.2) is 24.3 Å². The van der Waals surface area contributed by atoms with E-state index in [0.29, 0.717) is 0 Å². The summed E-state index contributed by atoms with van der Waals surface area (Å²) in [6.45, 7) is 2.00. The van der Waals surface area contributed by atoms with Crippen molar-refractivity contribution in [3.8, 4) is 0 Å². The molecule has 2 N–H and O–H groups in total. The standard InChI is InChI=1S/C7H12S.CH3NO/c1-2-3-4-5-6-7-8;2-1-3/h2-5,8H,6-7H2,1H3;1H,(H2,2,3)/b3-2+,5-4+;. The maximum Gasteiger partial charge on any atom is 0.204 e. The summed E-state index contributed by atoms with van der Waals surface area (Å²) in [5.74, 6) is 0.939. The van der Waals surface area contributed by atoms with Crippen LogP contribution in [-0.2, 0) is 4.79 Å². The molecular weight excluding hydrogens is 158 g/mol. The zero-order valence-corrected chi connectivity index (χ0v) is 7.63. The average molecular weight is 173 g/mol. The van der Waals surface area contributed by atoms with E-state index >= 15 is 0 Å². The molecule has 2 nitrogen and oxygen atoms in total. The van der Waals surface area contributed by atoms with Gasteiger partial charge in [0, 0.05) is 0 Å². The lowest BCUT2D eigenvalue weighted by atomic mass is 10.4. The number of rotatable bonds is 3. The van der Waals surface area contributed by atoms with Gasteiger partial charge in [0.1, 0.15) is 0 Å². The lowest BCUT2D eigenvalue weighted by molar-refractivity contribution is -0.106. The Morgan fingerprint density at radius 2 is 2.00 bits per heavy atom. The maximum atomic E-state index is 8.58. The first-order valence-electron chi connectivity index (χ1n) is 3.37. The molecule has 0 atom stereocenters. The first-order valence-corrected chi connectivity index (χ1v) is 4.00. The van der Waals surface area contributed by atoms with Gasteiger partial charge in [-0.15, -0.1) is 0 Å². The molecule has 0 fully saturated rings. The fourth-order valence-corrected chi connectivity index (χ4v) is 0.510. The Morgan fingerprint density at radius 1 is 1.45 bits per heavy atom. The van der Waals surface area contributed by atoms with Crippen LogP contribution in [0.2, 0.25) is 0 Å². The van der Waals surface area contributed by atoms with Gasteiger partial charge in [0.25, 0.3) is 0 Å². The highest BCUT2D eigenvalue weighted by Gasteiger charge is 1.67. The number of hydrogen-bond donors (Lipinski definition) is 2. The van der Waals surface area contributed by atoms with Gasteiger partial charge in [0.15, 0.2) is 0 Å². The topological polar surface area (TPSA) is 43.1 Å². The van der Waals surface area contributed by atoms with Crippen LogP contribution in [0.1, 0.15) is 13.3 Å². The molecule has 0 bridgehead atoms. The summed E-state index contributed by atoms with van der Waals surface area (Å²) < 4.78 is 0. The van der Waals surface area contributed by atoms with E-state index in [-0.39, 0.29) is 6.41 Å². The van der Waals surface area contributed by atoms with E-state index in [1.54, 1.807) is 0 Å². The lowest BCUT2D eigenvalue weighted by Crippen LogP contribution is -1.82. The van der Waals surface area contributed by atoms with E-state index in [4.69, 9.17) is 4.79 Å². The number of carbonyl (C=O) groups is 1. The second kappa shape index (κ2) is 16.1. The molecule has 0 aromatic carbocycles. The van der Waals surface area contributed by atoms with Crippen LogP contribution in [0.5, 0.6) is 0 Å². The minimum Gasteiger partial charge on any atom is -0.372 e. The molecule has 0 aromatic heterocycles. The van der Waals surface area contributed by atoms with E-state index in [9.17, 15) is 0 Å². The molecule has 0 heterocycles. The zero-order chi connectivity index (χ0) is 8.95. The third-order valence-corrected chi connectivity index (χ3v) is 0.994. The van der Waals surface area contributed by atoms with Gasteiger partial charge in [-0.25, -0.2) is 0 Å². The van der Waals surface area contributed by atoms with Gasteiger partial charge < -0.3 is 5.73 Å². The number of allylic oxidation sites excluding steroid dienone is 4. The molecular formula is C8H15NOS. The summed E-state index contributed by atoms with van der Waals surface area (Å²) in [4.78, 5) is 8.58. The third-order valence-electron chi connectivity index (χ3n) is 0.735. The summed E-state index contributed by atoms with van der Waals surface area (Å²) in [6, 6.07) is 0. The van der Waals surface area contributed by atoms with Gasteiger partial charge in [-0.3, -0.25) is 4.79 Å². The highest BCUT2D eigenvalue weighted by atomic mass is 32.1. The Morgan fingerprint density at radius 3 is 2.36 bits per heavy atom. The van der Waals surface area contributed by atoms with Crippen LogP contribution in [0.25, 0.3) is 0 Å². The van der Waals surface area contributed by atoms with Crippen LogP contribution in [-0.4, -0.2) is 12.2 Å². The summed E-state index contributed by atoms with van der Waals surface area (Å²) in [6.07, 6.45) is 9.48. The van der Waals surface area contributed by atoms with Crippen molar-refractivity contribution < 1.29 is 4.79 Å². The molecule has 0 unspecified atom stereocenters. The first-order chi connectivity index (χ1) is 5.33. The lowest BCUT2D eigenvalue weighted by Gasteiger charge is -1.77. The second-order valence-electron chi connectivity index (χ2n) is 1.60. The van der Waals surface area contributed by atoms with Crippen molar-refractivity contribution in [2.45, 2.75) is 13.3 Å². The van der Waals surface area contributed by atoms with Gasteiger partial charge in [-0.1, -0.05) is 24.3 Å². The van der Waals surface area contributed by atoms with E-state index in [1.807, 2.05) is 25.2 Å². The van der Waals surface area contributed by atoms with Crippen LogP contribution < -0.4 is 5.73 Å². The van der Waals surface area contributed by atoms with Gasteiger partial charge in [-0.05, 0) is 19.1 Å². The number of nitrogens with two attached hydrogens (primary N) is 1. The fraction of sp³-hybridized carbons (Fsp3) is 0.375. The van der Waals surface area contributed by atoms with Gasteiger partial charge in [0.05, 0.1) is 0 Å². The molecule has 0 radical (unpaired) electrons. The Kier molecular flexibility index (Phi) is 19.0. The normalized spacial score (nSPS) is 9.64. The van der Waals surface area contributed by atoms with Crippen molar-refractivity contribution in [3.05, 3.63) is 24.3 Å². The molecule has 0 saturated carbocycles. The molecule has 0 rings (SSSR count). The number of amides is 1. The number of thiol groups is 1. The largest absolute Gasteiger partial charge is 0.372 e. The Hall–Kier alpha value is -0.700. The molecule has 1 amide bonds. The van der Waals surface area contributed by atoms with Crippen molar-refractivity contribution in [2.24, 2.45) is 5.73 Å². The minimum absolute atomic E-state index is 0.250. The Labute approximate surface area is 73.6 Å². The predicted molar refractivity (Wildman–Crippen MR) is 52.7 cm³/mol. The van der Waals surface area contributed by atoms with Crippen molar-refractivity contribution in [1.82, 2.24) is 0 Å². The van der Waals surface area contributed by atoms with Crippen LogP contribution in [0.4, 0.5) is 0 Å². The van der Waals surface area contributed by atoms with E-state index in [0.717, 1.165) is 12.2 Å². The maximum absolute atomic E-state index is 8.58. The molecule has 11 heavy (non-hydrogen) atoms. The monoisotopic (exact) mass is 173 g/mol. The molecule has 0 saturated heterocycles. The van der Waals surface area contributed by atoms with Crippen molar-refractivity contribution in [1.29, 1.82) is 0 Å². The highest BCUT2D eigenvalue weighted by molar-refractivity contribution is 7.80. The zero-order valence-electron chi connectivity index (χ0n) is 6.73. The quantitative estimate of drug-likeness (QED) is 0.379. The number of primary amides is 1. The smallest absolute Gasteiger partial charge is 0.204 e. The number of carbonyl (C=O) groups excluding carboxylic acids is 1. The summed E-state index contributed by atoms with van der Waals surface area (Å²) >= 11 is 4.05. The van der Waals surface area contributed by atoms with Crippen molar-refractivity contribution in [2.75, 3.05) is 5.75 Å². The molecule has 0 aromatic rings. The number of hydrogen-bond acceptors (Lipinski definition) is 2. The minimum atomic E-state index is 0.250. The summed E-state index contributed by atoms with van der Waals surface area (Å²) in [5.41, 5.74) is 4.17. The van der Waals surface area contributed by atoms with E-state index < -0.39 is 0 Å². The van der Waals surface area contributed by atoms with Gasteiger partial charge in [0.2, 0.25) is 6.41 Å². The molecule has 0 spiro atoms. The Balaban J connectivity index is 0. The molecule has 0 aliphatic carbocycles. The second-order valence-corrected chi connectivity index (χ2v) is 2.05. The van der Waals surface area contributed by atoms with Crippen LogP contribution in [0.3, 0.4) is 0 Å². The first kappa shape index (κ1) is 12.9. The van der Waals surface area contributed by atoms with Gasteiger partial charge >= 0.3 is 0 Å². The third kappa shape index (κ3) is 26.8. The predicted octanol–water partition coefficient (Wildman–Crippen LogP) is 1.54. The van der Waals surface area contributed by atoms with Crippen molar-refractivity contribution in [3.63, 3.8) is 0 Å². The SMILES string of the molecule is C/C=C/C=C/CCS.NC=O. The average Bonchev–Trinajstić information content (AvgIpc) is 2.00. The molecule has 3 heteroatoms. The van der Waals surface area contributed by atoms with Gasteiger partial charge in [-0.2, -0.15) is 12.6 Å². The molecule has 64 valence electrons. The summed E-state index contributed by atoms with van der Waals surface area (Å²) in [5, 5.41) is 0. The molecule has 0 aliphatic heterocycles. The van der Waals surface area contributed by atoms with Crippen LogP contribution in [0, 0.1) is 0 Å². The van der Waals surface area contributed by atoms with Crippen molar-refractivity contribution >= 4 is 19.0 Å². The Bertz CT molecular complexity index is 121. The molecule has 0 aliphatic rings. The van der Waals surface area contributed by atoms with E-state index in [1.165, 1.54) is 0 Å². The fourth-order valence-electron chi connectivity index (χ4n) is 0.360.